The van der Waals surface area contributed by atoms with Gasteiger partial charge in [0.2, 0.25) is 0 Å². The molecular weight excluding hydrogens is 204 g/mol. The molecule has 0 heterocycles. The lowest BCUT2D eigenvalue weighted by molar-refractivity contribution is -0.124. The lowest BCUT2D eigenvalue weighted by atomic mass is 10.1. The molecular formula is C13H22O3. The molecule has 0 aliphatic heterocycles. The second-order valence-corrected chi connectivity index (χ2v) is 2.97. The van der Waals surface area contributed by atoms with Gasteiger partial charge in [-0.15, -0.1) is 0 Å². The molecule has 0 spiro atoms. The monoisotopic (exact) mass is 226 g/mol. The number of Topliss-reactive ketones (excluding diaryl/α,β-unsaturated/α-hetero) is 1. The minimum absolute atomic E-state index is 0.0932. The molecule has 1 unspecified atom stereocenters. The first-order chi connectivity index (χ1) is 7.51. The van der Waals surface area contributed by atoms with Crippen LogP contribution in [0.3, 0.4) is 0 Å². The van der Waals surface area contributed by atoms with Crippen LogP contribution >= 0.6 is 0 Å². The molecule has 0 radical (unpaired) electrons. The quantitative estimate of drug-likeness (QED) is 0.559. The van der Waals surface area contributed by atoms with E-state index < -0.39 is 6.10 Å². The lowest BCUT2D eigenvalue weighted by Crippen LogP contribution is -2.17. The Kier molecular flexibility index (Phi) is 10.9. The summed E-state index contributed by atoms with van der Waals surface area (Å²) in [5.74, 6) is -0.201. The molecule has 2 N–H and O–H groups in total. The molecule has 0 fully saturated rings. The molecule has 3 heteroatoms. The number of rotatable bonds is 5. The molecule has 0 amide bonds. The van der Waals surface area contributed by atoms with Crippen molar-refractivity contribution in [3.8, 4) is 0 Å². The van der Waals surface area contributed by atoms with Crippen LogP contribution in [0.4, 0.5) is 0 Å². The normalized spacial score (nSPS) is 13.6. The number of aliphatic hydroxyl groups excluding tert-OH is 2. The zero-order valence-corrected chi connectivity index (χ0v) is 10.5. The fraction of sp³-hybridized carbons (Fsp3) is 0.462. The third-order valence-electron chi connectivity index (χ3n) is 1.79. The summed E-state index contributed by atoms with van der Waals surface area (Å²) in [6.45, 7) is 10.5. The SMILES string of the molecule is C=C/C(=C\C(O)=C/C)CC(O)C(C)=O.CC. The van der Waals surface area contributed by atoms with E-state index in [9.17, 15) is 15.0 Å². The van der Waals surface area contributed by atoms with Crippen LogP contribution in [0.1, 0.15) is 34.1 Å². The second kappa shape index (κ2) is 10.2. The van der Waals surface area contributed by atoms with Gasteiger partial charge in [0.1, 0.15) is 11.9 Å². The number of hydrogen-bond acceptors (Lipinski definition) is 3. The highest BCUT2D eigenvalue weighted by Crippen LogP contribution is 2.10. The topological polar surface area (TPSA) is 57.5 Å². The number of aliphatic hydroxyl groups is 2. The molecule has 0 bridgehead atoms. The summed E-state index contributed by atoms with van der Waals surface area (Å²) in [5.41, 5.74) is 0.628. The third kappa shape index (κ3) is 8.00. The van der Waals surface area contributed by atoms with Gasteiger partial charge in [-0.1, -0.05) is 26.5 Å². The molecule has 0 aliphatic rings. The average Bonchev–Trinajstić information content (AvgIpc) is 2.30. The Bertz CT molecular complexity index is 275. The summed E-state index contributed by atoms with van der Waals surface area (Å²) in [5, 5.41) is 18.5. The van der Waals surface area contributed by atoms with Crippen molar-refractivity contribution < 1.29 is 15.0 Å². The standard InChI is InChI=1S/C11H16O3.C2H6/c1-4-9(6-10(13)5-2)7-11(14)8(3)12;1-2/h4-6,11,13-14H,1,7H2,2-3H3;1-2H3/b9-6+,10-5+;. The number of carbonyl (C=O) groups is 1. The summed E-state index contributed by atoms with van der Waals surface area (Å²) in [4.78, 5) is 10.8. The van der Waals surface area contributed by atoms with Crippen LogP contribution < -0.4 is 0 Å². The van der Waals surface area contributed by atoms with E-state index in [1.54, 1.807) is 6.92 Å². The number of ketones is 1. The molecule has 0 aromatic rings. The minimum Gasteiger partial charge on any atom is -0.508 e. The van der Waals surface area contributed by atoms with Crippen molar-refractivity contribution in [1.82, 2.24) is 0 Å². The predicted octanol–water partition coefficient (Wildman–Crippen LogP) is 2.93. The van der Waals surface area contributed by atoms with Gasteiger partial charge in [-0.05, 0) is 31.6 Å². The van der Waals surface area contributed by atoms with Gasteiger partial charge in [0, 0.05) is 6.42 Å². The van der Waals surface area contributed by atoms with Gasteiger partial charge in [0.05, 0.1) is 0 Å². The van der Waals surface area contributed by atoms with Crippen LogP contribution in [-0.4, -0.2) is 22.1 Å². The highest BCUT2D eigenvalue weighted by atomic mass is 16.3. The summed E-state index contributed by atoms with van der Waals surface area (Å²) >= 11 is 0. The van der Waals surface area contributed by atoms with Crippen LogP contribution in [0.15, 0.2) is 36.1 Å². The van der Waals surface area contributed by atoms with E-state index in [2.05, 4.69) is 6.58 Å². The Morgan fingerprint density at radius 1 is 1.44 bits per heavy atom. The van der Waals surface area contributed by atoms with Crippen molar-refractivity contribution in [1.29, 1.82) is 0 Å². The van der Waals surface area contributed by atoms with Gasteiger partial charge >= 0.3 is 0 Å². The van der Waals surface area contributed by atoms with Crippen LogP contribution in [0.2, 0.25) is 0 Å². The van der Waals surface area contributed by atoms with E-state index in [0.29, 0.717) is 5.57 Å². The summed E-state index contributed by atoms with van der Waals surface area (Å²) < 4.78 is 0. The van der Waals surface area contributed by atoms with Crippen LogP contribution in [0.25, 0.3) is 0 Å². The van der Waals surface area contributed by atoms with E-state index >= 15 is 0 Å². The number of hydrogen-bond donors (Lipinski definition) is 2. The molecule has 0 aromatic carbocycles. The van der Waals surface area contributed by atoms with E-state index in [4.69, 9.17) is 0 Å². The molecule has 3 nitrogen and oxygen atoms in total. The maximum atomic E-state index is 10.8. The minimum atomic E-state index is -1.02. The Morgan fingerprint density at radius 2 is 1.94 bits per heavy atom. The average molecular weight is 226 g/mol. The van der Waals surface area contributed by atoms with Gasteiger partial charge in [-0.3, -0.25) is 4.79 Å². The molecule has 0 rings (SSSR count). The zero-order valence-electron chi connectivity index (χ0n) is 10.5. The van der Waals surface area contributed by atoms with Crippen molar-refractivity contribution in [3.63, 3.8) is 0 Å². The Morgan fingerprint density at radius 3 is 2.25 bits per heavy atom. The number of carbonyl (C=O) groups excluding carboxylic acids is 1. The lowest BCUT2D eigenvalue weighted by Gasteiger charge is -2.06. The largest absolute Gasteiger partial charge is 0.508 e. The fourth-order valence-electron chi connectivity index (χ4n) is 0.841. The smallest absolute Gasteiger partial charge is 0.158 e. The van der Waals surface area contributed by atoms with Crippen molar-refractivity contribution in [3.05, 3.63) is 36.1 Å². The molecule has 1 atom stereocenters. The van der Waals surface area contributed by atoms with Crippen molar-refractivity contribution in [2.24, 2.45) is 0 Å². The summed E-state index contributed by atoms with van der Waals surface area (Å²) in [6, 6.07) is 0. The molecule has 0 aromatic heterocycles. The molecule has 0 aliphatic carbocycles. The Hall–Kier alpha value is -1.35. The van der Waals surface area contributed by atoms with Crippen molar-refractivity contribution in [2.75, 3.05) is 0 Å². The van der Waals surface area contributed by atoms with E-state index in [0.717, 1.165) is 0 Å². The van der Waals surface area contributed by atoms with E-state index in [1.807, 2.05) is 13.8 Å². The highest BCUT2D eigenvalue weighted by molar-refractivity contribution is 5.80. The van der Waals surface area contributed by atoms with Crippen molar-refractivity contribution >= 4 is 5.78 Å². The van der Waals surface area contributed by atoms with Gasteiger partial charge in [-0.25, -0.2) is 0 Å². The zero-order chi connectivity index (χ0) is 13.1. The molecule has 0 saturated carbocycles. The summed E-state index contributed by atoms with van der Waals surface area (Å²) in [7, 11) is 0. The van der Waals surface area contributed by atoms with Gasteiger partial charge in [0.15, 0.2) is 5.78 Å². The van der Waals surface area contributed by atoms with Gasteiger partial charge < -0.3 is 10.2 Å². The van der Waals surface area contributed by atoms with Gasteiger partial charge in [-0.2, -0.15) is 0 Å². The first-order valence-corrected chi connectivity index (χ1v) is 5.38. The maximum absolute atomic E-state index is 10.8. The molecule has 16 heavy (non-hydrogen) atoms. The second-order valence-electron chi connectivity index (χ2n) is 2.97. The third-order valence-corrected chi connectivity index (χ3v) is 1.79. The Balaban J connectivity index is 0. The first kappa shape index (κ1) is 17.1. The number of allylic oxidation sites excluding steroid dienone is 3. The predicted molar refractivity (Wildman–Crippen MR) is 67.3 cm³/mol. The Labute approximate surface area is 97.8 Å². The van der Waals surface area contributed by atoms with Crippen molar-refractivity contribution in [2.45, 2.75) is 40.2 Å². The molecule has 92 valence electrons. The van der Waals surface area contributed by atoms with Crippen LogP contribution in [0, 0.1) is 0 Å². The maximum Gasteiger partial charge on any atom is 0.158 e. The van der Waals surface area contributed by atoms with Gasteiger partial charge in [0.25, 0.3) is 0 Å². The first-order valence-electron chi connectivity index (χ1n) is 5.38. The van der Waals surface area contributed by atoms with Crippen LogP contribution in [-0.2, 0) is 4.79 Å². The van der Waals surface area contributed by atoms with Crippen LogP contribution in [0.5, 0.6) is 0 Å². The molecule has 0 saturated heterocycles. The van der Waals surface area contributed by atoms with E-state index in [1.165, 1.54) is 25.2 Å². The fourth-order valence-corrected chi connectivity index (χ4v) is 0.841. The highest BCUT2D eigenvalue weighted by Gasteiger charge is 2.10. The summed E-state index contributed by atoms with van der Waals surface area (Å²) in [6.07, 6.45) is 3.65. The van der Waals surface area contributed by atoms with E-state index in [-0.39, 0.29) is 18.0 Å².